The zero-order valence-corrected chi connectivity index (χ0v) is 15.2. The van der Waals surface area contributed by atoms with E-state index in [2.05, 4.69) is 30.5 Å². The van der Waals surface area contributed by atoms with Crippen LogP contribution < -0.4 is 15.8 Å². The maximum atomic E-state index is 11.3. The van der Waals surface area contributed by atoms with Crippen LogP contribution in [0.2, 0.25) is 0 Å². The number of hydrogen-bond acceptors (Lipinski definition) is 3. The SMILES string of the molecule is CCC(C)c1ccccc1NC(=S)Nc1ccc(S(N)(=O)=O)cc1. The first-order valence-corrected chi connectivity index (χ1v) is 9.56. The van der Waals surface area contributed by atoms with Crippen molar-refractivity contribution in [1.29, 1.82) is 0 Å². The smallest absolute Gasteiger partial charge is 0.238 e. The van der Waals surface area contributed by atoms with Crippen molar-refractivity contribution in [1.82, 2.24) is 0 Å². The van der Waals surface area contributed by atoms with Gasteiger partial charge >= 0.3 is 0 Å². The summed E-state index contributed by atoms with van der Waals surface area (Å²) in [4.78, 5) is 0.0639. The number of nitrogens with two attached hydrogens (primary N) is 1. The highest BCUT2D eigenvalue weighted by atomic mass is 32.2. The summed E-state index contributed by atoms with van der Waals surface area (Å²) in [6.45, 7) is 4.31. The highest BCUT2D eigenvalue weighted by Gasteiger charge is 2.10. The molecule has 24 heavy (non-hydrogen) atoms. The van der Waals surface area contributed by atoms with E-state index in [1.807, 2.05) is 18.2 Å². The first-order chi connectivity index (χ1) is 11.3. The van der Waals surface area contributed by atoms with Gasteiger partial charge in [-0.2, -0.15) is 0 Å². The van der Waals surface area contributed by atoms with Crippen LogP contribution in [0.1, 0.15) is 31.7 Å². The topological polar surface area (TPSA) is 84.2 Å². The lowest BCUT2D eigenvalue weighted by Gasteiger charge is -2.17. The van der Waals surface area contributed by atoms with Crippen LogP contribution in [0.25, 0.3) is 0 Å². The van der Waals surface area contributed by atoms with Gasteiger partial charge in [0.15, 0.2) is 5.11 Å². The van der Waals surface area contributed by atoms with Crippen LogP contribution in [0.5, 0.6) is 0 Å². The van der Waals surface area contributed by atoms with Crippen LogP contribution in [0.3, 0.4) is 0 Å². The zero-order chi connectivity index (χ0) is 17.7. The average molecular weight is 364 g/mol. The van der Waals surface area contributed by atoms with Crippen molar-refractivity contribution in [3.05, 3.63) is 54.1 Å². The zero-order valence-electron chi connectivity index (χ0n) is 13.6. The van der Waals surface area contributed by atoms with Gasteiger partial charge in [0, 0.05) is 11.4 Å². The van der Waals surface area contributed by atoms with E-state index >= 15 is 0 Å². The van der Waals surface area contributed by atoms with Gasteiger partial charge in [-0.05, 0) is 60.5 Å². The molecule has 0 spiro atoms. The Morgan fingerprint density at radius 2 is 1.75 bits per heavy atom. The molecule has 7 heteroatoms. The second-order valence-electron chi connectivity index (χ2n) is 5.55. The van der Waals surface area contributed by atoms with E-state index in [4.69, 9.17) is 17.4 Å². The summed E-state index contributed by atoms with van der Waals surface area (Å²) in [6, 6.07) is 14.1. The van der Waals surface area contributed by atoms with Crippen LogP contribution in [0, 0.1) is 0 Å². The van der Waals surface area contributed by atoms with Crippen molar-refractivity contribution in [3.63, 3.8) is 0 Å². The first kappa shape index (κ1) is 18.4. The lowest BCUT2D eigenvalue weighted by molar-refractivity contribution is 0.598. The van der Waals surface area contributed by atoms with E-state index in [-0.39, 0.29) is 4.90 Å². The third-order valence-corrected chi connectivity index (χ3v) is 4.93. The number of sulfonamides is 1. The van der Waals surface area contributed by atoms with Crippen molar-refractivity contribution < 1.29 is 8.42 Å². The summed E-state index contributed by atoms with van der Waals surface area (Å²) in [5, 5.41) is 11.8. The first-order valence-electron chi connectivity index (χ1n) is 7.61. The standard InChI is InChI=1S/C17H21N3O2S2/c1-3-12(2)15-6-4-5-7-16(15)20-17(23)19-13-8-10-14(11-9-13)24(18,21)22/h4-12H,3H2,1-2H3,(H2,18,21,22)(H2,19,20,23). The lowest BCUT2D eigenvalue weighted by Crippen LogP contribution is -2.20. The molecule has 2 aromatic carbocycles. The number of hydrogen-bond donors (Lipinski definition) is 3. The van der Waals surface area contributed by atoms with Crippen LogP contribution in [-0.4, -0.2) is 13.5 Å². The minimum atomic E-state index is -3.69. The Bertz CT molecular complexity index is 818. The molecule has 0 amide bonds. The third kappa shape index (κ3) is 4.77. The van der Waals surface area contributed by atoms with Gasteiger partial charge in [0.25, 0.3) is 0 Å². The highest BCUT2D eigenvalue weighted by molar-refractivity contribution is 7.89. The molecule has 0 aliphatic carbocycles. The number of primary sulfonamides is 1. The van der Waals surface area contributed by atoms with Gasteiger partial charge < -0.3 is 10.6 Å². The van der Waals surface area contributed by atoms with Crippen LogP contribution in [0.15, 0.2) is 53.4 Å². The Morgan fingerprint density at radius 1 is 1.12 bits per heavy atom. The highest BCUT2D eigenvalue weighted by Crippen LogP contribution is 2.26. The van der Waals surface area contributed by atoms with Crippen LogP contribution in [-0.2, 0) is 10.0 Å². The number of nitrogens with one attached hydrogen (secondary N) is 2. The predicted octanol–water partition coefficient (Wildman–Crippen LogP) is 3.66. The summed E-state index contributed by atoms with van der Waals surface area (Å²) in [5.74, 6) is 0.422. The molecule has 0 heterocycles. The summed E-state index contributed by atoms with van der Waals surface area (Å²) in [6.07, 6.45) is 1.04. The molecule has 0 radical (unpaired) electrons. The Kier molecular flexibility index (Phi) is 5.93. The van der Waals surface area contributed by atoms with Crippen molar-refractivity contribution in [2.75, 3.05) is 10.6 Å². The molecule has 0 saturated heterocycles. The summed E-state index contributed by atoms with van der Waals surface area (Å²) < 4.78 is 22.5. The molecule has 5 nitrogen and oxygen atoms in total. The Labute approximate surface area is 148 Å². The van der Waals surface area contributed by atoms with Gasteiger partial charge in [0.2, 0.25) is 10.0 Å². The van der Waals surface area contributed by atoms with Crippen molar-refractivity contribution in [2.45, 2.75) is 31.1 Å². The minimum Gasteiger partial charge on any atom is -0.332 e. The summed E-state index contributed by atoms with van der Waals surface area (Å²) in [5.41, 5.74) is 2.85. The number of benzene rings is 2. The number of thiocarbonyl (C=S) groups is 1. The molecule has 0 aliphatic rings. The monoisotopic (exact) mass is 363 g/mol. The summed E-state index contributed by atoms with van der Waals surface area (Å²) >= 11 is 5.34. The molecule has 4 N–H and O–H groups in total. The lowest BCUT2D eigenvalue weighted by atomic mass is 9.97. The number of rotatable bonds is 5. The maximum Gasteiger partial charge on any atom is 0.238 e. The molecule has 0 saturated carbocycles. The van der Waals surface area contributed by atoms with E-state index < -0.39 is 10.0 Å². The van der Waals surface area contributed by atoms with Gasteiger partial charge in [-0.1, -0.05) is 32.0 Å². The third-order valence-electron chi connectivity index (χ3n) is 3.79. The molecular formula is C17H21N3O2S2. The van der Waals surface area contributed by atoms with Crippen molar-refractivity contribution in [3.8, 4) is 0 Å². The molecule has 128 valence electrons. The normalized spacial score (nSPS) is 12.5. The molecule has 0 aromatic heterocycles. The average Bonchev–Trinajstić information content (AvgIpc) is 2.54. The molecule has 0 bridgehead atoms. The minimum absolute atomic E-state index is 0.0639. The molecule has 2 aromatic rings. The van der Waals surface area contributed by atoms with Gasteiger partial charge in [0.1, 0.15) is 0 Å². The van der Waals surface area contributed by atoms with E-state index in [0.29, 0.717) is 16.7 Å². The Morgan fingerprint density at radius 3 is 2.33 bits per heavy atom. The molecule has 1 atom stereocenters. The van der Waals surface area contributed by atoms with E-state index in [9.17, 15) is 8.42 Å². The fourth-order valence-corrected chi connectivity index (χ4v) is 3.02. The van der Waals surface area contributed by atoms with Gasteiger partial charge in [0.05, 0.1) is 4.90 Å². The van der Waals surface area contributed by atoms with E-state index in [1.54, 1.807) is 12.1 Å². The van der Waals surface area contributed by atoms with E-state index in [0.717, 1.165) is 12.1 Å². The molecule has 1 unspecified atom stereocenters. The predicted molar refractivity (Wildman–Crippen MR) is 103 cm³/mol. The Hall–Kier alpha value is -1.96. The molecule has 2 rings (SSSR count). The van der Waals surface area contributed by atoms with Crippen molar-refractivity contribution in [2.24, 2.45) is 5.14 Å². The fraction of sp³-hybridized carbons (Fsp3) is 0.235. The summed E-state index contributed by atoms with van der Waals surface area (Å²) in [7, 11) is -3.69. The quantitative estimate of drug-likeness (QED) is 0.706. The second kappa shape index (κ2) is 7.74. The molecule has 0 aliphatic heterocycles. The Balaban J connectivity index is 2.09. The molecular weight excluding hydrogens is 342 g/mol. The second-order valence-corrected chi connectivity index (χ2v) is 7.51. The largest absolute Gasteiger partial charge is 0.332 e. The van der Waals surface area contributed by atoms with E-state index in [1.165, 1.54) is 17.7 Å². The van der Waals surface area contributed by atoms with Crippen molar-refractivity contribution >= 4 is 38.7 Å². The van der Waals surface area contributed by atoms with Gasteiger partial charge in [-0.15, -0.1) is 0 Å². The maximum absolute atomic E-state index is 11.3. The number of para-hydroxylation sites is 1. The van der Waals surface area contributed by atoms with Crippen LogP contribution in [0.4, 0.5) is 11.4 Å². The van der Waals surface area contributed by atoms with Gasteiger partial charge in [-0.25, -0.2) is 13.6 Å². The number of anilines is 2. The fourth-order valence-electron chi connectivity index (χ4n) is 2.27. The van der Waals surface area contributed by atoms with Crippen LogP contribution >= 0.6 is 12.2 Å². The molecule has 0 fully saturated rings. The van der Waals surface area contributed by atoms with Gasteiger partial charge in [-0.3, -0.25) is 0 Å².